The van der Waals surface area contributed by atoms with E-state index in [-0.39, 0.29) is 17.7 Å². The van der Waals surface area contributed by atoms with Gasteiger partial charge in [0.05, 0.1) is 16.5 Å². The zero-order valence-electron chi connectivity index (χ0n) is 8.32. The third kappa shape index (κ3) is 2.91. The third-order valence-electron chi connectivity index (χ3n) is 2.02. The Balaban J connectivity index is 3.72. The number of hydrogen-bond acceptors (Lipinski definition) is 4. The number of nitrogens with two attached hydrogens (primary N) is 1. The number of nitriles is 1. The Hall–Kier alpha value is -1.23. The molecule has 0 atom stereocenters. The minimum atomic E-state index is -4.34. The van der Waals surface area contributed by atoms with E-state index in [1.807, 2.05) is 0 Å². The molecule has 0 unspecified atom stereocenters. The van der Waals surface area contributed by atoms with Gasteiger partial charge in [0.15, 0.2) is 0 Å². The molecule has 1 aromatic rings. The average molecular weight is 281 g/mol. The summed E-state index contributed by atoms with van der Waals surface area (Å²) in [6, 6.07) is 3.57. The summed E-state index contributed by atoms with van der Waals surface area (Å²) in [4.78, 5) is -0.712. The predicted octanol–water partition coefficient (Wildman–Crippen LogP) is 1.88. The van der Waals surface area contributed by atoms with Crippen LogP contribution in [0.1, 0.15) is 23.1 Å². The molecular weight excluding hydrogens is 274 g/mol. The molecule has 92 valence electrons. The summed E-state index contributed by atoms with van der Waals surface area (Å²) in [6.45, 7) is -0.309. The van der Waals surface area contributed by atoms with Crippen molar-refractivity contribution in [3.05, 3.63) is 28.8 Å². The Morgan fingerprint density at radius 1 is 1.47 bits per heavy atom. The van der Waals surface area contributed by atoms with Crippen LogP contribution in [0.3, 0.4) is 0 Å². The molecule has 0 aliphatic rings. The van der Waals surface area contributed by atoms with E-state index in [4.69, 9.17) is 21.7 Å². The van der Waals surface area contributed by atoms with Crippen molar-refractivity contribution in [1.82, 2.24) is 0 Å². The van der Waals surface area contributed by atoms with Gasteiger partial charge in [-0.2, -0.15) is 5.26 Å². The zero-order valence-corrected chi connectivity index (χ0v) is 9.89. The second-order valence-electron chi connectivity index (χ2n) is 3.11. The van der Waals surface area contributed by atoms with Crippen LogP contribution in [0.4, 0.5) is 8.78 Å². The third-order valence-corrected chi connectivity index (χ3v) is 3.47. The van der Waals surface area contributed by atoms with Crippen molar-refractivity contribution in [1.29, 1.82) is 5.26 Å². The number of alkyl halides is 2. The van der Waals surface area contributed by atoms with Crippen molar-refractivity contribution in [3.63, 3.8) is 0 Å². The molecule has 2 N–H and O–H groups in total. The highest BCUT2D eigenvalue weighted by atomic mass is 35.7. The SMILES string of the molecule is N#Cc1cc(CN)c(S(=O)(=O)Cl)c(C(F)F)c1. The lowest BCUT2D eigenvalue weighted by atomic mass is 10.1. The van der Waals surface area contributed by atoms with Crippen LogP contribution in [0.15, 0.2) is 17.0 Å². The first-order valence-electron chi connectivity index (χ1n) is 4.31. The van der Waals surface area contributed by atoms with E-state index in [1.54, 1.807) is 6.07 Å². The van der Waals surface area contributed by atoms with Gasteiger partial charge in [-0.25, -0.2) is 17.2 Å². The zero-order chi connectivity index (χ0) is 13.2. The molecule has 0 aromatic heterocycles. The van der Waals surface area contributed by atoms with E-state index >= 15 is 0 Å². The fourth-order valence-corrected chi connectivity index (χ4v) is 2.84. The van der Waals surface area contributed by atoms with Gasteiger partial charge in [0.1, 0.15) is 0 Å². The Kier molecular flexibility index (Phi) is 4.03. The highest BCUT2D eigenvalue weighted by Crippen LogP contribution is 2.32. The second-order valence-corrected chi connectivity index (χ2v) is 5.61. The molecule has 1 aromatic carbocycles. The van der Waals surface area contributed by atoms with Crippen molar-refractivity contribution in [3.8, 4) is 6.07 Å². The van der Waals surface area contributed by atoms with Crippen molar-refractivity contribution in [2.45, 2.75) is 17.9 Å². The number of benzene rings is 1. The second kappa shape index (κ2) is 4.96. The summed E-state index contributed by atoms with van der Waals surface area (Å²) >= 11 is 0. The van der Waals surface area contributed by atoms with Gasteiger partial charge in [0.25, 0.3) is 15.5 Å². The molecule has 17 heavy (non-hydrogen) atoms. The number of hydrogen-bond donors (Lipinski definition) is 1. The van der Waals surface area contributed by atoms with Gasteiger partial charge in [0, 0.05) is 22.8 Å². The fourth-order valence-electron chi connectivity index (χ4n) is 1.39. The Morgan fingerprint density at radius 3 is 2.41 bits per heavy atom. The Bertz CT molecular complexity index is 581. The van der Waals surface area contributed by atoms with Gasteiger partial charge in [-0.1, -0.05) is 0 Å². The highest BCUT2D eigenvalue weighted by Gasteiger charge is 2.25. The lowest BCUT2D eigenvalue weighted by Gasteiger charge is -2.11. The summed E-state index contributed by atoms with van der Waals surface area (Å²) < 4.78 is 47.9. The van der Waals surface area contributed by atoms with Gasteiger partial charge < -0.3 is 5.73 Å². The molecule has 0 radical (unpaired) electrons. The van der Waals surface area contributed by atoms with Gasteiger partial charge in [0.2, 0.25) is 0 Å². The summed E-state index contributed by atoms with van der Waals surface area (Å²) in [5.74, 6) is 0. The van der Waals surface area contributed by atoms with Crippen molar-refractivity contribution in [2.24, 2.45) is 5.73 Å². The van der Waals surface area contributed by atoms with E-state index in [0.29, 0.717) is 0 Å². The highest BCUT2D eigenvalue weighted by molar-refractivity contribution is 8.13. The molecule has 8 heteroatoms. The van der Waals surface area contributed by atoms with E-state index in [9.17, 15) is 17.2 Å². The Morgan fingerprint density at radius 2 is 2.06 bits per heavy atom. The maximum Gasteiger partial charge on any atom is 0.265 e. The van der Waals surface area contributed by atoms with Crippen molar-refractivity contribution >= 4 is 19.7 Å². The molecule has 0 fully saturated rings. The molecule has 0 spiro atoms. The molecule has 1 rings (SSSR count). The average Bonchev–Trinajstić information content (AvgIpc) is 2.25. The molecule has 0 amide bonds. The van der Waals surface area contributed by atoms with E-state index < -0.39 is 25.9 Å². The number of nitrogens with zero attached hydrogens (tertiary/aromatic N) is 1. The van der Waals surface area contributed by atoms with Crippen LogP contribution in [0.25, 0.3) is 0 Å². The van der Waals surface area contributed by atoms with Gasteiger partial charge in [-0.05, 0) is 17.7 Å². The summed E-state index contributed by atoms with van der Waals surface area (Å²) in [6.07, 6.45) is -3.06. The van der Waals surface area contributed by atoms with Crippen LogP contribution in [-0.2, 0) is 15.6 Å². The largest absolute Gasteiger partial charge is 0.326 e. The van der Waals surface area contributed by atoms with Crippen molar-refractivity contribution < 1.29 is 17.2 Å². The number of rotatable bonds is 3. The number of halogens is 3. The first-order chi connectivity index (χ1) is 7.81. The minimum Gasteiger partial charge on any atom is -0.326 e. The predicted molar refractivity (Wildman–Crippen MR) is 57.0 cm³/mol. The summed E-state index contributed by atoms with van der Waals surface area (Å²) in [5.41, 5.74) is 4.26. The minimum absolute atomic E-state index is 0.0928. The molecule has 4 nitrogen and oxygen atoms in total. The van der Waals surface area contributed by atoms with Crippen LogP contribution in [0.5, 0.6) is 0 Å². The standard InChI is InChI=1S/C9H7ClF2N2O2S/c10-17(15,16)8-6(4-14)1-5(3-13)2-7(8)9(11)12/h1-2,9H,4,14H2. The van der Waals surface area contributed by atoms with Gasteiger partial charge in [-0.15, -0.1) is 0 Å². The Labute approximate surface area is 101 Å². The van der Waals surface area contributed by atoms with E-state index in [0.717, 1.165) is 12.1 Å². The van der Waals surface area contributed by atoms with Crippen LogP contribution in [0.2, 0.25) is 0 Å². The summed E-state index contributed by atoms with van der Waals surface area (Å²) in [5, 5.41) is 8.64. The normalized spacial score (nSPS) is 11.5. The molecule has 0 saturated heterocycles. The van der Waals surface area contributed by atoms with Crippen LogP contribution in [0, 0.1) is 11.3 Å². The van der Waals surface area contributed by atoms with Crippen LogP contribution < -0.4 is 5.73 Å². The first kappa shape index (κ1) is 13.8. The van der Waals surface area contributed by atoms with Gasteiger partial charge >= 0.3 is 0 Å². The van der Waals surface area contributed by atoms with Crippen LogP contribution >= 0.6 is 10.7 Å². The lowest BCUT2D eigenvalue weighted by Crippen LogP contribution is -2.09. The fraction of sp³-hybridized carbons (Fsp3) is 0.222. The van der Waals surface area contributed by atoms with Crippen molar-refractivity contribution in [2.75, 3.05) is 0 Å². The molecule has 0 heterocycles. The van der Waals surface area contributed by atoms with Gasteiger partial charge in [-0.3, -0.25) is 0 Å². The van der Waals surface area contributed by atoms with Crippen LogP contribution in [-0.4, -0.2) is 8.42 Å². The first-order valence-corrected chi connectivity index (χ1v) is 6.62. The quantitative estimate of drug-likeness (QED) is 0.857. The molecule has 0 aliphatic heterocycles. The summed E-state index contributed by atoms with van der Waals surface area (Å²) in [7, 11) is 0.744. The maximum atomic E-state index is 12.7. The molecule has 0 bridgehead atoms. The topological polar surface area (TPSA) is 83.9 Å². The monoisotopic (exact) mass is 280 g/mol. The molecular formula is C9H7ClF2N2O2S. The molecule has 0 saturated carbocycles. The molecule has 0 aliphatic carbocycles. The lowest BCUT2D eigenvalue weighted by molar-refractivity contribution is 0.147. The van der Waals surface area contributed by atoms with E-state index in [1.165, 1.54) is 0 Å². The maximum absolute atomic E-state index is 12.7. The van der Waals surface area contributed by atoms with E-state index in [2.05, 4.69) is 0 Å². The smallest absolute Gasteiger partial charge is 0.265 e.